The molecule has 0 amide bonds. The van der Waals surface area contributed by atoms with E-state index in [9.17, 15) is 14.4 Å². The van der Waals surface area contributed by atoms with Gasteiger partial charge in [0.1, 0.15) is 6.10 Å². The quantitative estimate of drug-likeness (QED) is 0.0356. The lowest BCUT2D eigenvalue weighted by molar-refractivity contribution is -0.151. The molecule has 0 radical (unpaired) electrons. The third-order valence-corrected chi connectivity index (χ3v) is 12.1. The van der Waals surface area contributed by atoms with E-state index >= 15 is 0 Å². The fraction of sp³-hybridized carbons (Fsp3) is 0.938. The smallest absolute Gasteiger partial charge is 0.320 e. The van der Waals surface area contributed by atoms with Crippen molar-refractivity contribution < 1.29 is 28.6 Å². The first-order valence-electron chi connectivity index (χ1n) is 23.7. The Labute approximate surface area is 346 Å². The summed E-state index contributed by atoms with van der Waals surface area (Å²) < 4.78 is 17.4. The van der Waals surface area contributed by atoms with Gasteiger partial charge in [-0.05, 0) is 93.9 Å². The molecule has 2 atom stereocenters. The summed E-state index contributed by atoms with van der Waals surface area (Å²) in [7, 11) is 2.13. The number of unbranched alkanes of at least 4 members (excludes halogenated alkanes) is 12. The number of carbonyl (C=O) groups excluding carboxylic acids is 3. The van der Waals surface area contributed by atoms with Crippen LogP contribution in [-0.2, 0) is 28.6 Å². The zero-order valence-electron chi connectivity index (χ0n) is 38.4. The summed E-state index contributed by atoms with van der Waals surface area (Å²) in [6.07, 6.45) is 23.1. The maximum atomic E-state index is 12.9. The molecule has 1 aliphatic rings. The van der Waals surface area contributed by atoms with Crippen LogP contribution < -0.4 is 0 Å². The second kappa shape index (κ2) is 33.2. The summed E-state index contributed by atoms with van der Waals surface area (Å²) in [5.74, 6) is 3.22. The van der Waals surface area contributed by atoms with Crippen molar-refractivity contribution in [1.82, 2.24) is 9.80 Å². The third-order valence-electron chi connectivity index (χ3n) is 12.1. The van der Waals surface area contributed by atoms with Crippen LogP contribution >= 0.6 is 0 Å². The zero-order valence-corrected chi connectivity index (χ0v) is 38.4. The summed E-state index contributed by atoms with van der Waals surface area (Å²) in [6.45, 7) is 23.3. The maximum Gasteiger partial charge on any atom is 0.320 e. The fourth-order valence-electron chi connectivity index (χ4n) is 7.58. The molecule has 1 heterocycles. The summed E-state index contributed by atoms with van der Waals surface area (Å²) >= 11 is 0. The Hall–Kier alpha value is -1.67. The molecule has 8 heteroatoms. The van der Waals surface area contributed by atoms with Crippen molar-refractivity contribution in [2.45, 2.75) is 203 Å². The van der Waals surface area contributed by atoms with Crippen LogP contribution in [0, 0.1) is 35.5 Å². The molecule has 8 nitrogen and oxygen atoms in total. The lowest BCUT2D eigenvalue weighted by Gasteiger charge is -2.32. The zero-order chi connectivity index (χ0) is 41.6. The molecule has 0 bridgehead atoms. The van der Waals surface area contributed by atoms with Crippen LogP contribution in [-0.4, -0.2) is 86.8 Å². The van der Waals surface area contributed by atoms with Crippen LogP contribution in [0.25, 0.3) is 0 Å². The van der Waals surface area contributed by atoms with Gasteiger partial charge in [-0.15, -0.1) is 0 Å². The highest BCUT2D eigenvalue weighted by atomic mass is 16.5. The van der Waals surface area contributed by atoms with E-state index in [0.717, 1.165) is 116 Å². The highest BCUT2D eigenvalue weighted by Gasteiger charge is 2.21. The Kier molecular flexibility index (Phi) is 31.0. The van der Waals surface area contributed by atoms with E-state index in [1.807, 2.05) is 0 Å². The molecule has 0 spiro atoms. The predicted octanol–water partition coefficient (Wildman–Crippen LogP) is 11.7. The third kappa shape index (κ3) is 29.5. The number of likely N-dealkylation sites (N-methyl/N-ethyl adjacent to an activating group) is 1. The molecule has 1 fully saturated rings. The summed E-state index contributed by atoms with van der Waals surface area (Å²) in [5, 5.41) is 0. The van der Waals surface area contributed by atoms with E-state index in [0.29, 0.717) is 68.1 Å². The van der Waals surface area contributed by atoms with Crippen molar-refractivity contribution in [3.8, 4) is 0 Å². The average Bonchev–Trinajstić information content (AvgIpc) is 3.13. The Morgan fingerprint density at radius 2 is 0.839 bits per heavy atom. The number of ether oxygens (including phenoxy) is 3. The maximum absolute atomic E-state index is 12.9. The van der Waals surface area contributed by atoms with Gasteiger partial charge in [0.2, 0.25) is 0 Å². The van der Waals surface area contributed by atoms with Gasteiger partial charge in [0.05, 0.1) is 19.8 Å². The normalized spacial score (nSPS) is 15.8. The molecule has 0 aromatic carbocycles. The SMILES string of the molecule is CC(C)CCC(COC(=O)CCCCCCCCCC(CCCCCCCCCC(=O)OCC(CCC(C)C)C(C)C)OC(=O)CN1CCN(C)CC1)C(C)C. The molecule has 56 heavy (non-hydrogen) atoms. The lowest BCUT2D eigenvalue weighted by atomic mass is 9.89. The summed E-state index contributed by atoms with van der Waals surface area (Å²) in [6, 6.07) is 0. The van der Waals surface area contributed by atoms with Gasteiger partial charge < -0.3 is 19.1 Å². The van der Waals surface area contributed by atoms with Crippen molar-refractivity contribution in [1.29, 1.82) is 0 Å². The highest BCUT2D eigenvalue weighted by molar-refractivity contribution is 5.72. The standard InChI is InChI=1S/C48H92N2O6/c1-39(2)28-30-43(41(5)6)37-54-46(51)26-22-18-14-10-12-16-20-24-45(56-48(53)36-50-34-32-49(9)33-35-50)25-21-17-13-11-15-19-23-27-47(52)55-38-44(42(7)8)31-29-40(3)4/h39-45H,10-38H2,1-9H3. The predicted molar refractivity (Wildman–Crippen MR) is 234 cm³/mol. The van der Waals surface area contributed by atoms with Gasteiger partial charge in [-0.1, -0.05) is 132 Å². The largest absolute Gasteiger partial charge is 0.465 e. The van der Waals surface area contributed by atoms with E-state index in [4.69, 9.17) is 14.2 Å². The van der Waals surface area contributed by atoms with Crippen LogP contribution in [0.1, 0.15) is 197 Å². The molecular formula is C48H92N2O6. The van der Waals surface area contributed by atoms with Gasteiger partial charge in [0.25, 0.3) is 0 Å². The second-order valence-corrected chi connectivity index (χ2v) is 19.0. The number of piperazine rings is 1. The number of rotatable bonds is 35. The molecule has 2 unspecified atom stereocenters. The molecule has 330 valence electrons. The summed E-state index contributed by atoms with van der Waals surface area (Å²) in [5.41, 5.74) is 0. The van der Waals surface area contributed by atoms with E-state index in [1.165, 1.54) is 38.5 Å². The molecule has 1 saturated heterocycles. The topological polar surface area (TPSA) is 85.4 Å². The minimum absolute atomic E-state index is 0.00771. The van der Waals surface area contributed by atoms with Gasteiger partial charge in [0.15, 0.2) is 0 Å². The molecule has 0 saturated carbocycles. The van der Waals surface area contributed by atoms with Gasteiger partial charge in [0, 0.05) is 39.0 Å². The molecular weight excluding hydrogens is 701 g/mol. The monoisotopic (exact) mass is 793 g/mol. The number of nitrogens with zero attached hydrogens (tertiary/aromatic N) is 2. The van der Waals surface area contributed by atoms with Crippen molar-refractivity contribution in [3.63, 3.8) is 0 Å². The van der Waals surface area contributed by atoms with E-state index < -0.39 is 0 Å². The summed E-state index contributed by atoms with van der Waals surface area (Å²) in [4.78, 5) is 42.1. The Balaban J connectivity index is 2.27. The average molecular weight is 793 g/mol. The van der Waals surface area contributed by atoms with Gasteiger partial charge >= 0.3 is 17.9 Å². The van der Waals surface area contributed by atoms with Crippen LogP contribution in [0.15, 0.2) is 0 Å². The molecule has 0 aromatic rings. The number of esters is 3. The van der Waals surface area contributed by atoms with E-state index in [-0.39, 0.29) is 24.0 Å². The number of carbonyl (C=O) groups is 3. The molecule has 1 rings (SSSR count). The van der Waals surface area contributed by atoms with Crippen LogP contribution in [0.4, 0.5) is 0 Å². The van der Waals surface area contributed by atoms with Crippen molar-refractivity contribution in [2.75, 3.05) is 53.0 Å². The lowest BCUT2D eigenvalue weighted by Crippen LogP contribution is -2.46. The van der Waals surface area contributed by atoms with Crippen molar-refractivity contribution in [2.24, 2.45) is 35.5 Å². The Bertz CT molecular complexity index is 919. The van der Waals surface area contributed by atoms with Crippen LogP contribution in [0.2, 0.25) is 0 Å². The number of hydrogen-bond acceptors (Lipinski definition) is 8. The molecule has 0 aliphatic carbocycles. The minimum atomic E-state index is -0.0674. The molecule has 0 N–H and O–H groups in total. The van der Waals surface area contributed by atoms with Crippen LogP contribution in [0.3, 0.4) is 0 Å². The van der Waals surface area contributed by atoms with E-state index in [1.54, 1.807) is 0 Å². The highest BCUT2D eigenvalue weighted by Crippen LogP contribution is 2.23. The Morgan fingerprint density at radius 3 is 1.21 bits per heavy atom. The van der Waals surface area contributed by atoms with Crippen molar-refractivity contribution in [3.05, 3.63) is 0 Å². The second-order valence-electron chi connectivity index (χ2n) is 19.0. The first-order chi connectivity index (χ1) is 26.8. The van der Waals surface area contributed by atoms with Gasteiger partial charge in [-0.25, -0.2) is 0 Å². The first-order valence-corrected chi connectivity index (χ1v) is 23.7. The van der Waals surface area contributed by atoms with Crippen LogP contribution in [0.5, 0.6) is 0 Å². The first kappa shape index (κ1) is 52.3. The van der Waals surface area contributed by atoms with Crippen molar-refractivity contribution >= 4 is 17.9 Å². The van der Waals surface area contributed by atoms with E-state index in [2.05, 4.69) is 72.2 Å². The molecule has 1 aliphatic heterocycles. The minimum Gasteiger partial charge on any atom is -0.465 e. The number of hydrogen-bond donors (Lipinski definition) is 0. The van der Waals surface area contributed by atoms with Gasteiger partial charge in [-0.3, -0.25) is 19.3 Å². The fourth-order valence-corrected chi connectivity index (χ4v) is 7.58. The Morgan fingerprint density at radius 1 is 0.464 bits per heavy atom. The molecule has 0 aromatic heterocycles. The van der Waals surface area contributed by atoms with Gasteiger partial charge in [-0.2, -0.15) is 0 Å².